The van der Waals surface area contributed by atoms with E-state index in [9.17, 15) is 9.59 Å². The monoisotopic (exact) mass is 580 g/mol. The van der Waals surface area contributed by atoms with Crippen LogP contribution in [0.25, 0.3) is 10.9 Å². The summed E-state index contributed by atoms with van der Waals surface area (Å²) in [7, 11) is 1.66. The fourth-order valence-corrected chi connectivity index (χ4v) is 5.55. The van der Waals surface area contributed by atoms with Crippen LogP contribution in [0.4, 0.5) is 4.79 Å². The third-order valence-electron chi connectivity index (χ3n) is 7.94. The van der Waals surface area contributed by atoms with E-state index >= 15 is 0 Å². The average Bonchev–Trinajstić information content (AvgIpc) is 3.62. The topological polar surface area (TPSA) is 80.9 Å². The van der Waals surface area contributed by atoms with E-state index in [2.05, 4.69) is 36.2 Å². The van der Waals surface area contributed by atoms with E-state index in [-0.39, 0.29) is 12.0 Å². The van der Waals surface area contributed by atoms with Gasteiger partial charge in [0.2, 0.25) is 6.29 Å². The van der Waals surface area contributed by atoms with Gasteiger partial charge in [0.05, 0.1) is 7.11 Å². The number of carbonyl (C=O) groups excluding carboxylic acids is 2. The summed E-state index contributed by atoms with van der Waals surface area (Å²) in [6.45, 7) is 4.49. The molecule has 2 aromatic rings. The third kappa shape index (κ3) is 11.6. The number of carbonyl (C=O) groups is 2. The van der Waals surface area contributed by atoms with Gasteiger partial charge in [-0.3, -0.25) is 4.79 Å². The largest absolute Gasteiger partial charge is 0.497 e. The van der Waals surface area contributed by atoms with Gasteiger partial charge in [0.25, 0.3) is 0 Å². The van der Waals surface area contributed by atoms with Crippen molar-refractivity contribution in [2.45, 2.75) is 122 Å². The van der Waals surface area contributed by atoms with Crippen LogP contribution in [0.15, 0.2) is 48.7 Å². The van der Waals surface area contributed by atoms with Crippen molar-refractivity contribution in [2.75, 3.05) is 13.7 Å². The molecule has 0 radical (unpaired) electrons. The molecule has 3 rings (SSSR count). The normalized spacial score (nSPS) is 16.1. The molecule has 1 amide bonds. The number of nitrogens with one attached hydrogen (secondary N) is 1. The Hall–Kier alpha value is -3.22. The van der Waals surface area contributed by atoms with Crippen LogP contribution in [0.2, 0.25) is 0 Å². The quantitative estimate of drug-likeness (QED) is 0.0776. The molecule has 2 unspecified atom stereocenters. The first-order chi connectivity index (χ1) is 20.5. The maximum atomic E-state index is 12.9. The number of H-pyrrole nitrogens is 1. The van der Waals surface area contributed by atoms with E-state index in [1.807, 2.05) is 24.4 Å². The molecule has 1 aliphatic rings. The van der Waals surface area contributed by atoms with Crippen molar-refractivity contribution in [3.8, 4) is 5.75 Å². The molecule has 232 valence electrons. The highest BCUT2D eigenvalue weighted by atomic mass is 16.7. The molecule has 0 aliphatic carbocycles. The summed E-state index contributed by atoms with van der Waals surface area (Å²) in [5.74, 6) is 0.494. The van der Waals surface area contributed by atoms with Crippen molar-refractivity contribution in [1.29, 1.82) is 0 Å². The summed E-state index contributed by atoms with van der Waals surface area (Å²) in [5.41, 5.74) is 2.19. The van der Waals surface area contributed by atoms with Crippen molar-refractivity contribution in [2.24, 2.45) is 0 Å². The summed E-state index contributed by atoms with van der Waals surface area (Å²) >= 11 is 0. The Kier molecular flexibility index (Phi) is 15.1. The molecule has 1 N–H and O–H groups in total. The number of likely N-dealkylation sites (tertiary alicyclic amines) is 1. The lowest BCUT2D eigenvalue weighted by Crippen LogP contribution is -2.39. The summed E-state index contributed by atoms with van der Waals surface area (Å²) in [6.07, 6.45) is 25.2. The minimum absolute atomic E-state index is 0.0400. The summed E-state index contributed by atoms with van der Waals surface area (Å²) in [4.78, 5) is 30.3. The average molecular weight is 581 g/mol. The number of unbranched alkanes of at least 4 members (excludes halogenated alkanes) is 8. The van der Waals surface area contributed by atoms with Gasteiger partial charge in [-0.1, -0.05) is 63.3 Å². The van der Waals surface area contributed by atoms with Crippen LogP contribution < -0.4 is 4.74 Å². The lowest BCUT2D eigenvalue weighted by Gasteiger charge is -2.25. The predicted molar refractivity (Wildman–Crippen MR) is 170 cm³/mol. The van der Waals surface area contributed by atoms with Gasteiger partial charge in [0.15, 0.2) is 0 Å². The van der Waals surface area contributed by atoms with Crippen LogP contribution >= 0.6 is 0 Å². The zero-order valence-corrected chi connectivity index (χ0v) is 26.1. The molecule has 0 saturated carbocycles. The molecule has 1 saturated heterocycles. The number of allylic oxidation sites excluding steroid dienone is 4. The van der Waals surface area contributed by atoms with Crippen LogP contribution in [0.1, 0.15) is 109 Å². The number of ether oxygens (including phenoxy) is 3. The number of benzene rings is 1. The first kappa shape index (κ1) is 33.3. The van der Waals surface area contributed by atoms with Gasteiger partial charge in [0, 0.05) is 43.0 Å². The van der Waals surface area contributed by atoms with Gasteiger partial charge in [-0.05, 0) is 81.5 Å². The highest BCUT2D eigenvalue weighted by molar-refractivity contribution is 5.84. The van der Waals surface area contributed by atoms with Crippen LogP contribution in [-0.2, 0) is 20.7 Å². The molecule has 1 fully saturated rings. The number of methoxy groups -OCH3 is 1. The number of amides is 1. The number of esters is 1. The van der Waals surface area contributed by atoms with Gasteiger partial charge >= 0.3 is 12.1 Å². The zero-order valence-electron chi connectivity index (χ0n) is 26.1. The van der Waals surface area contributed by atoms with Crippen molar-refractivity contribution in [1.82, 2.24) is 9.88 Å². The zero-order chi connectivity index (χ0) is 30.0. The second-order valence-electron chi connectivity index (χ2n) is 11.3. The fraction of sp³-hybridized carbons (Fsp3) is 0.600. The Labute approximate surface area is 252 Å². The van der Waals surface area contributed by atoms with Gasteiger partial charge in [-0.2, -0.15) is 0 Å². The lowest BCUT2D eigenvalue weighted by molar-refractivity contribution is -0.166. The minimum atomic E-state index is -0.901. The van der Waals surface area contributed by atoms with E-state index in [4.69, 9.17) is 14.2 Å². The Balaban J connectivity index is 1.26. The molecule has 0 spiro atoms. The van der Waals surface area contributed by atoms with Crippen LogP contribution in [0, 0.1) is 0 Å². The number of nitrogens with zero attached hydrogens (tertiary/aromatic N) is 1. The van der Waals surface area contributed by atoms with Gasteiger partial charge < -0.3 is 24.1 Å². The summed E-state index contributed by atoms with van der Waals surface area (Å²) in [6, 6.07) is 6.00. The molecular weight excluding hydrogens is 528 g/mol. The van der Waals surface area contributed by atoms with Crippen molar-refractivity contribution < 1.29 is 23.8 Å². The van der Waals surface area contributed by atoms with E-state index in [1.165, 1.54) is 38.5 Å². The van der Waals surface area contributed by atoms with Crippen molar-refractivity contribution >= 4 is 23.0 Å². The van der Waals surface area contributed by atoms with Crippen LogP contribution in [0.5, 0.6) is 5.75 Å². The SMILES string of the molecule is CCCCC/C=C\C/C=C\CCCCCCCC(=O)OC(C)OC(=O)N1CCCC1Cc1c[nH]c2ccc(OC)cc12. The summed E-state index contributed by atoms with van der Waals surface area (Å²) in [5, 5.41) is 1.10. The smallest absolute Gasteiger partial charge is 0.413 e. The number of hydrogen-bond donors (Lipinski definition) is 1. The maximum Gasteiger partial charge on any atom is 0.413 e. The number of aromatic nitrogens is 1. The Bertz CT molecular complexity index is 1140. The van der Waals surface area contributed by atoms with Crippen LogP contribution in [0.3, 0.4) is 0 Å². The number of rotatable bonds is 19. The number of hydrogen-bond acceptors (Lipinski definition) is 5. The molecular formula is C35H52N2O5. The van der Waals surface area contributed by atoms with E-state index < -0.39 is 12.4 Å². The molecule has 2 atom stereocenters. The highest BCUT2D eigenvalue weighted by Crippen LogP contribution is 2.28. The molecule has 42 heavy (non-hydrogen) atoms. The third-order valence-corrected chi connectivity index (χ3v) is 7.94. The van der Waals surface area contributed by atoms with Gasteiger partial charge in [-0.15, -0.1) is 0 Å². The number of aromatic amines is 1. The Morgan fingerprint density at radius 2 is 1.74 bits per heavy atom. The standard InChI is InChI=1S/C35H52N2O5/c1-4-5-6-7-8-9-10-11-12-13-14-15-16-17-18-21-34(38)41-28(2)42-35(39)37-24-19-20-30(37)25-29-27-36-33-23-22-31(40-3)26-32(29)33/h8-9,11-12,22-23,26-28,30,36H,4-7,10,13-21,24-25H2,1-3H3/b9-8-,12-11-. The molecule has 7 heteroatoms. The van der Waals surface area contributed by atoms with E-state index in [0.29, 0.717) is 13.0 Å². The number of fused-ring (bicyclic) bond motifs is 1. The Morgan fingerprint density at radius 1 is 1.00 bits per heavy atom. The van der Waals surface area contributed by atoms with Gasteiger partial charge in [-0.25, -0.2) is 4.79 Å². The van der Waals surface area contributed by atoms with E-state index in [0.717, 1.165) is 73.6 Å². The minimum Gasteiger partial charge on any atom is -0.497 e. The van der Waals surface area contributed by atoms with Crippen molar-refractivity contribution in [3.05, 3.63) is 54.3 Å². The lowest BCUT2D eigenvalue weighted by atomic mass is 10.0. The summed E-state index contributed by atoms with van der Waals surface area (Å²) < 4.78 is 16.3. The molecule has 1 aromatic carbocycles. The highest BCUT2D eigenvalue weighted by Gasteiger charge is 2.32. The second kappa shape index (κ2) is 19.1. The first-order valence-corrected chi connectivity index (χ1v) is 16.1. The van der Waals surface area contributed by atoms with Gasteiger partial charge in [0.1, 0.15) is 5.75 Å². The maximum absolute atomic E-state index is 12.9. The fourth-order valence-electron chi connectivity index (χ4n) is 5.55. The molecule has 1 aromatic heterocycles. The first-order valence-electron chi connectivity index (χ1n) is 16.1. The molecule has 2 heterocycles. The van der Waals surface area contributed by atoms with Crippen LogP contribution in [-0.4, -0.2) is 47.9 Å². The van der Waals surface area contributed by atoms with E-state index in [1.54, 1.807) is 18.9 Å². The molecule has 1 aliphatic heterocycles. The van der Waals surface area contributed by atoms with Crippen molar-refractivity contribution in [3.63, 3.8) is 0 Å². The molecule has 7 nitrogen and oxygen atoms in total. The molecule has 0 bridgehead atoms. The second-order valence-corrected chi connectivity index (χ2v) is 11.3. The predicted octanol–water partition coefficient (Wildman–Crippen LogP) is 9.02. The Morgan fingerprint density at radius 3 is 2.50 bits per heavy atom.